The Bertz CT molecular complexity index is 341. The first kappa shape index (κ1) is 14.8. The van der Waals surface area contributed by atoms with E-state index in [1.54, 1.807) is 0 Å². The van der Waals surface area contributed by atoms with Crippen LogP contribution in [-0.2, 0) is 4.79 Å². The molecule has 0 amide bonds. The van der Waals surface area contributed by atoms with Crippen molar-refractivity contribution < 1.29 is 15.0 Å². The van der Waals surface area contributed by atoms with Crippen LogP contribution >= 0.6 is 0 Å². The second kappa shape index (κ2) is 5.04. The van der Waals surface area contributed by atoms with E-state index in [0.717, 1.165) is 25.7 Å². The molecule has 0 atom stereocenters. The zero-order valence-corrected chi connectivity index (χ0v) is 12.0. The van der Waals surface area contributed by atoms with Gasteiger partial charge in [0, 0.05) is 19.6 Å². The predicted molar refractivity (Wildman–Crippen MR) is 73.1 cm³/mol. The normalized spacial score (nSPS) is 27.5. The molecule has 0 unspecified atom stereocenters. The molecule has 2 rings (SSSR count). The zero-order chi connectivity index (χ0) is 14.1. The average molecular weight is 270 g/mol. The molecule has 1 saturated carbocycles. The number of aliphatic hydroxyl groups is 1. The molecular formula is C14H26N2O3. The van der Waals surface area contributed by atoms with Crippen molar-refractivity contribution in [1.82, 2.24) is 10.6 Å². The molecule has 5 heteroatoms. The summed E-state index contributed by atoms with van der Waals surface area (Å²) in [6, 6.07) is 0. The SMILES string of the molecule is CC1(C)CCC(O)(CNC2(CC(=O)O)CNC2)CC1. The largest absolute Gasteiger partial charge is 0.481 e. The van der Waals surface area contributed by atoms with Crippen LogP contribution in [0.1, 0.15) is 46.0 Å². The van der Waals surface area contributed by atoms with Gasteiger partial charge < -0.3 is 20.8 Å². The molecule has 1 aliphatic heterocycles. The Morgan fingerprint density at radius 2 is 1.79 bits per heavy atom. The Balaban J connectivity index is 1.86. The van der Waals surface area contributed by atoms with Crippen LogP contribution in [0.5, 0.6) is 0 Å². The van der Waals surface area contributed by atoms with Crippen LogP contribution in [0.2, 0.25) is 0 Å². The van der Waals surface area contributed by atoms with Crippen LogP contribution in [-0.4, -0.2) is 47.0 Å². The van der Waals surface area contributed by atoms with Gasteiger partial charge in [0.25, 0.3) is 0 Å². The number of hydrogen-bond acceptors (Lipinski definition) is 4. The van der Waals surface area contributed by atoms with Gasteiger partial charge in [0.15, 0.2) is 0 Å². The maximum Gasteiger partial charge on any atom is 0.305 e. The Morgan fingerprint density at radius 1 is 1.21 bits per heavy atom. The second-order valence-corrected chi connectivity index (χ2v) is 7.20. The molecule has 110 valence electrons. The minimum Gasteiger partial charge on any atom is -0.481 e. The molecule has 4 N–H and O–H groups in total. The topological polar surface area (TPSA) is 81.6 Å². The van der Waals surface area contributed by atoms with E-state index in [2.05, 4.69) is 24.5 Å². The highest BCUT2D eigenvalue weighted by Gasteiger charge is 2.42. The standard InChI is InChI=1S/C14H26N2O3/c1-12(2)3-5-14(19,6-4-12)10-16-13(7-11(17)18)8-15-9-13/h15-16,19H,3-10H2,1-2H3,(H,17,18). The van der Waals surface area contributed by atoms with Gasteiger partial charge in [-0.05, 0) is 31.1 Å². The highest BCUT2D eigenvalue weighted by atomic mass is 16.4. The molecule has 2 aliphatic rings. The van der Waals surface area contributed by atoms with E-state index in [-0.39, 0.29) is 12.0 Å². The average Bonchev–Trinajstić information content (AvgIpc) is 2.27. The quantitative estimate of drug-likeness (QED) is 0.592. The Labute approximate surface area is 114 Å². The highest BCUT2D eigenvalue weighted by Crippen LogP contribution is 2.40. The van der Waals surface area contributed by atoms with Crippen molar-refractivity contribution in [2.75, 3.05) is 19.6 Å². The Hall–Kier alpha value is -0.650. The molecule has 0 bridgehead atoms. The molecule has 1 heterocycles. The van der Waals surface area contributed by atoms with E-state index in [1.807, 2.05) is 0 Å². The molecule has 2 fully saturated rings. The lowest BCUT2D eigenvalue weighted by Gasteiger charge is -2.46. The van der Waals surface area contributed by atoms with Crippen LogP contribution in [0, 0.1) is 5.41 Å². The van der Waals surface area contributed by atoms with Gasteiger partial charge >= 0.3 is 5.97 Å². The molecule has 5 nitrogen and oxygen atoms in total. The number of nitrogens with one attached hydrogen (secondary N) is 2. The summed E-state index contributed by atoms with van der Waals surface area (Å²) in [5.41, 5.74) is -0.714. The van der Waals surface area contributed by atoms with E-state index in [4.69, 9.17) is 5.11 Å². The fourth-order valence-electron chi connectivity index (χ4n) is 2.95. The monoisotopic (exact) mass is 270 g/mol. The van der Waals surface area contributed by atoms with Crippen LogP contribution in [0.25, 0.3) is 0 Å². The van der Waals surface area contributed by atoms with Crippen LogP contribution in [0.4, 0.5) is 0 Å². The lowest BCUT2D eigenvalue weighted by Crippen LogP contribution is -2.70. The van der Waals surface area contributed by atoms with Gasteiger partial charge in [-0.1, -0.05) is 13.8 Å². The van der Waals surface area contributed by atoms with Gasteiger partial charge in [-0.25, -0.2) is 0 Å². The molecule has 0 radical (unpaired) electrons. The van der Waals surface area contributed by atoms with Crippen molar-refractivity contribution in [3.8, 4) is 0 Å². The van der Waals surface area contributed by atoms with E-state index in [0.29, 0.717) is 25.0 Å². The van der Waals surface area contributed by atoms with Crippen molar-refractivity contribution in [3.63, 3.8) is 0 Å². The maximum absolute atomic E-state index is 10.9. The molecule has 0 aromatic heterocycles. The van der Waals surface area contributed by atoms with Gasteiger partial charge in [0.05, 0.1) is 17.6 Å². The lowest BCUT2D eigenvalue weighted by atomic mass is 9.70. The number of carboxylic acid groups (broad SMARTS) is 1. The summed E-state index contributed by atoms with van der Waals surface area (Å²) in [6.07, 6.45) is 3.75. The summed E-state index contributed by atoms with van der Waals surface area (Å²) in [6.45, 7) is 6.31. The molecule has 1 aliphatic carbocycles. The molecular weight excluding hydrogens is 244 g/mol. The first-order valence-electron chi connectivity index (χ1n) is 7.14. The lowest BCUT2D eigenvalue weighted by molar-refractivity contribution is -0.139. The third-order valence-electron chi connectivity index (χ3n) is 4.74. The van der Waals surface area contributed by atoms with Crippen molar-refractivity contribution in [1.29, 1.82) is 0 Å². The number of rotatable bonds is 5. The summed E-state index contributed by atoms with van der Waals surface area (Å²) in [4.78, 5) is 10.9. The molecule has 1 saturated heterocycles. The van der Waals surface area contributed by atoms with E-state index < -0.39 is 11.6 Å². The summed E-state index contributed by atoms with van der Waals surface area (Å²) < 4.78 is 0. The second-order valence-electron chi connectivity index (χ2n) is 7.20. The van der Waals surface area contributed by atoms with E-state index in [1.165, 1.54) is 0 Å². The van der Waals surface area contributed by atoms with Crippen molar-refractivity contribution >= 4 is 5.97 Å². The van der Waals surface area contributed by atoms with Crippen LogP contribution in [0.3, 0.4) is 0 Å². The smallest absolute Gasteiger partial charge is 0.305 e. The van der Waals surface area contributed by atoms with Crippen molar-refractivity contribution in [3.05, 3.63) is 0 Å². The van der Waals surface area contributed by atoms with Gasteiger partial charge in [-0.2, -0.15) is 0 Å². The molecule has 19 heavy (non-hydrogen) atoms. The predicted octanol–water partition coefficient (Wildman–Crippen LogP) is 0.724. The maximum atomic E-state index is 10.9. The summed E-state index contributed by atoms with van der Waals surface area (Å²) >= 11 is 0. The summed E-state index contributed by atoms with van der Waals surface area (Å²) in [5.74, 6) is -0.786. The first-order chi connectivity index (χ1) is 8.74. The number of aliphatic carboxylic acids is 1. The van der Waals surface area contributed by atoms with Crippen molar-refractivity contribution in [2.24, 2.45) is 5.41 Å². The fraction of sp³-hybridized carbons (Fsp3) is 0.929. The summed E-state index contributed by atoms with van der Waals surface area (Å²) in [5, 5.41) is 26.0. The van der Waals surface area contributed by atoms with Gasteiger partial charge in [-0.15, -0.1) is 0 Å². The first-order valence-corrected chi connectivity index (χ1v) is 7.14. The number of hydrogen-bond donors (Lipinski definition) is 4. The third-order valence-corrected chi connectivity index (χ3v) is 4.74. The summed E-state index contributed by atoms with van der Waals surface area (Å²) in [7, 11) is 0. The van der Waals surface area contributed by atoms with E-state index in [9.17, 15) is 9.90 Å². The van der Waals surface area contributed by atoms with E-state index >= 15 is 0 Å². The number of β-amino-alcohol motifs (C(OH)–C–C–N with tert-alkyl or cyclic N) is 1. The van der Waals surface area contributed by atoms with Gasteiger partial charge in [0.1, 0.15) is 0 Å². The minimum atomic E-state index is -0.786. The molecule has 0 spiro atoms. The minimum absolute atomic E-state index is 0.113. The van der Waals surface area contributed by atoms with Crippen molar-refractivity contribution in [2.45, 2.75) is 57.1 Å². The molecule has 0 aromatic carbocycles. The number of carbonyl (C=O) groups is 1. The third kappa shape index (κ3) is 3.68. The zero-order valence-electron chi connectivity index (χ0n) is 12.0. The van der Waals surface area contributed by atoms with Crippen LogP contribution < -0.4 is 10.6 Å². The Kier molecular flexibility index (Phi) is 3.91. The Morgan fingerprint density at radius 3 is 2.21 bits per heavy atom. The van der Waals surface area contributed by atoms with Gasteiger partial charge in [-0.3, -0.25) is 4.79 Å². The highest BCUT2D eigenvalue weighted by molar-refractivity contribution is 5.68. The number of carboxylic acids is 1. The molecule has 0 aromatic rings. The fourth-order valence-corrected chi connectivity index (χ4v) is 2.95. The van der Waals surface area contributed by atoms with Crippen LogP contribution in [0.15, 0.2) is 0 Å². The van der Waals surface area contributed by atoms with Gasteiger partial charge in [0.2, 0.25) is 0 Å².